The molecular weight excluding hydrogens is 308 g/mol. The standard InChI is InChI=1S/C22H18N2O/c25-22-11-9-19-14-18(8-10-21(19)24-22)20(17-6-2-1-3-7-17)13-16-5-4-12-23-15-16/h1-8,10,12-15H,9,11H2,(H,24,25)/b20-13+. The van der Waals surface area contributed by atoms with E-state index in [1.54, 1.807) is 6.20 Å². The third-order valence-electron chi connectivity index (χ3n) is 4.39. The first-order valence-electron chi connectivity index (χ1n) is 8.40. The number of carbonyl (C=O) groups excluding carboxylic acids is 1. The zero-order valence-corrected chi connectivity index (χ0v) is 13.8. The van der Waals surface area contributed by atoms with Crippen LogP contribution in [0.5, 0.6) is 0 Å². The Bertz CT molecular complexity index is 931. The van der Waals surface area contributed by atoms with E-state index in [1.807, 2.05) is 36.5 Å². The number of rotatable bonds is 3. The van der Waals surface area contributed by atoms with Crippen LogP contribution in [0.15, 0.2) is 73.1 Å². The Morgan fingerprint density at radius 3 is 2.64 bits per heavy atom. The van der Waals surface area contributed by atoms with E-state index >= 15 is 0 Å². The summed E-state index contributed by atoms with van der Waals surface area (Å²) in [6, 6.07) is 20.6. The molecule has 3 nitrogen and oxygen atoms in total. The molecule has 0 unspecified atom stereocenters. The van der Waals surface area contributed by atoms with Crippen molar-refractivity contribution in [3.63, 3.8) is 0 Å². The molecule has 3 heteroatoms. The molecular formula is C22H18N2O. The minimum Gasteiger partial charge on any atom is -0.326 e. The fourth-order valence-corrected chi connectivity index (χ4v) is 3.13. The average molecular weight is 326 g/mol. The van der Waals surface area contributed by atoms with E-state index in [9.17, 15) is 4.79 Å². The SMILES string of the molecule is O=C1CCc2cc(/C(=C/c3cccnc3)c3ccccc3)ccc2N1. The second-order valence-electron chi connectivity index (χ2n) is 6.13. The van der Waals surface area contributed by atoms with Gasteiger partial charge in [-0.3, -0.25) is 9.78 Å². The highest BCUT2D eigenvalue weighted by Gasteiger charge is 2.16. The van der Waals surface area contributed by atoms with Gasteiger partial charge in [0.15, 0.2) is 0 Å². The lowest BCUT2D eigenvalue weighted by Gasteiger charge is -2.18. The monoisotopic (exact) mass is 326 g/mol. The van der Waals surface area contributed by atoms with Gasteiger partial charge in [-0.15, -0.1) is 0 Å². The van der Waals surface area contributed by atoms with Crippen LogP contribution in [0.1, 0.15) is 28.7 Å². The molecule has 0 bridgehead atoms. The van der Waals surface area contributed by atoms with Gasteiger partial charge in [-0.25, -0.2) is 0 Å². The molecule has 3 aromatic rings. The number of anilines is 1. The van der Waals surface area contributed by atoms with E-state index in [0.29, 0.717) is 6.42 Å². The summed E-state index contributed by atoms with van der Waals surface area (Å²) in [5.41, 5.74) is 6.62. The van der Waals surface area contributed by atoms with Crippen molar-refractivity contribution >= 4 is 23.2 Å². The number of hydrogen-bond acceptors (Lipinski definition) is 2. The fourth-order valence-electron chi connectivity index (χ4n) is 3.13. The zero-order chi connectivity index (χ0) is 17.1. The van der Waals surface area contributed by atoms with Crippen molar-refractivity contribution in [2.24, 2.45) is 0 Å². The molecule has 1 N–H and O–H groups in total. The quantitative estimate of drug-likeness (QED) is 0.767. The Hall–Kier alpha value is -3.20. The maximum atomic E-state index is 11.6. The minimum atomic E-state index is 0.0921. The van der Waals surface area contributed by atoms with Crippen LogP contribution in [-0.4, -0.2) is 10.9 Å². The highest BCUT2D eigenvalue weighted by molar-refractivity contribution is 5.96. The maximum absolute atomic E-state index is 11.6. The van der Waals surface area contributed by atoms with E-state index in [-0.39, 0.29) is 5.91 Å². The summed E-state index contributed by atoms with van der Waals surface area (Å²) in [5.74, 6) is 0.0921. The third kappa shape index (κ3) is 3.36. The second-order valence-corrected chi connectivity index (χ2v) is 6.13. The normalized spacial score (nSPS) is 13.9. The second kappa shape index (κ2) is 6.73. The number of nitrogens with one attached hydrogen (secondary N) is 1. The van der Waals surface area contributed by atoms with Crippen LogP contribution in [0.4, 0.5) is 5.69 Å². The van der Waals surface area contributed by atoms with Gasteiger partial charge in [0.25, 0.3) is 0 Å². The molecule has 0 saturated carbocycles. The maximum Gasteiger partial charge on any atom is 0.224 e. The van der Waals surface area contributed by atoms with Crippen LogP contribution in [0, 0.1) is 0 Å². The number of carbonyl (C=O) groups is 1. The van der Waals surface area contributed by atoms with Gasteiger partial charge in [-0.05, 0) is 58.5 Å². The summed E-state index contributed by atoms with van der Waals surface area (Å²) in [6.45, 7) is 0. The van der Waals surface area contributed by atoms with Crippen LogP contribution in [0.25, 0.3) is 11.6 Å². The van der Waals surface area contributed by atoms with Crippen molar-refractivity contribution in [1.29, 1.82) is 0 Å². The zero-order valence-electron chi connectivity index (χ0n) is 13.8. The van der Waals surface area contributed by atoms with E-state index < -0.39 is 0 Å². The Kier molecular flexibility index (Phi) is 4.13. The van der Waals surface area contributed by atoms with Gasteiger partial charge < -0.3 is 5.32 Å². The molecule has 0 aliphatic carbocycles. The van der Waals surface area contributed by atoms with Gasteiger partial charge >= 0.3 is 0 Å². The number of aryl methyl sites for hydroxylation is 1. The summed E-state index contributed by atoms with van der Waals surface area (Å²) >= 11 is 0. The molecule has 1 amide bonds. The first-order chi connectivity index (χ1) is 12.3. The number of aromatic nitrogens is 1. The summed E-state index contributed by atoms with van der Waals surface area (Å²) in [7, 11) is 0. The highest BCUT2D eigenvalue weighted by Crippen LogP contribution is 2.31. The summed E-state index contributed by atoms with van der Waals surface area (Å²) in [5, 5.41) is 2.95. The molecule has 1 aromatic heterocycles. The minimum absolute atomic E-state index is 0.0921. The Labute approximate surface area is 147 Å². The molecule has 0 fully saturated rings. The molecule has 0 spiro atoms. The molecule has 2 aromatic carbocycles. The summed E-state index contributed by atoms with van der Waals surface area (Å²) in [6.07, 6.45) is 7.13. The molecule has 4 rings (SSSR count). The predicted octanol–water partition coefficient (Wildman–Crippen LogP) is 4.56. The van der Waals surface area contributed by atoms with Crippen molar-refractivity contribution in [3.05, 3.63) is 95.3 Å². The highest BCUT2D eigenvalue weighted by atomic mass is 16.1. The predicted molar refractivity (Wildman–Crippen MR) is 101 cm³/mol. The molecule has 2 heterocycles. The van der Waals surface area contributed by atoms with Gasteiger partial charge in [-0.2, -0.15) is 0 Å². The van der Waals surface area contributed by atoms with Gasteiger partial charge in [0, 0.05) is 24.5 Å². The molecule has 0 saturated heterocycles. The van der Waals surface area contributed by atoms with E-state index in [0.717, 1.165) is 34.4 Å². The number of benzene rings is 2. The van der Waals surface area contributed by atoms with Crippen LogP contribution in [0.2, 0.25) is 0 Å². The Morgan fingerprint density at radius 1 is 0.960 bits per heavy atom. The Balaban J connectivity index is 1.82. The third-order valence-corrected chi connectivity index (χ3v) is 4.39. The number of fused-ring (bicyclic) bond motifs is 1. The van der Waals surface area contributed by atoms with Crippen molar-refractivity contribution in [1.82, 2.24) is 4.98 Å². The molecule has 0 atom stereocenters. The topological polar surface area (TPSA) is 42.0 Å². The van der Waals surface area contributed by atoms with Crippen LogP contribution < -0.4 is 5.32 Å². The lowest BCUT2D eigenvalue weighted by Crippen LogP contribution is -2.18. The summed E-state index contributed by atoms with van der Waals surface area (Å²) < 4.78 is 0. The van der Waals surface area contributed by atoms with Crippen molar-refractivity contribution in [2.45, 2.75) is 12.8 Å². The van der Waals surface area contributed by atoms with E-state index in [2.05, 4.69) is 46.7 Å². The van der Waals surface area contributed by atoms with Gasteiger partial charge in [0.1, 0.15) is 0 Å². The fraction of sp³-hybridized carbons (Fsp3) is 0.0909. The van der Waals surface area contributed by atoms with Gasteiger partial charge in [-0.1, -0.05) is 42.5 Å². The van der Waals surface area contributed by atoms with Crippen LogP contribution in [-0.2, 0) is 11.2 Å². The van der Waals surface area contributed by atoms with Crippen molar-refractivity contribution < 1.29 is 4.79 Å². The lowest BCUT2D eigenvalue weighted by atomic mass is 9.92. The molecule has 122 valence electrons. The van der Waals surface area contributed by atoms with Crippen LogP contribution in [0.3, 0.4) is 0 Å². The van der Waals surface area contributed by atoms with Crippen molar-refractivity contribution in [2.75, 3.05) is 5.32 Å². The average Bonchev–Trinajstić information content (AvgIpc) is 2.67. The molecule has 1 aliphatic rings. The first kappa shape index (κ1) is 15.3. The van der Waals surface area contributed by atoms with Crippen molar-refractivity contribution in [3.8, 4) is 0 Å². The van der Waals surface area contributed by atoms with Gasteiger partial charge in [0.05, 0.1) is 0 Å². The molecule has 0 radical (unpaired) electrons. The van der Waals surface area contributed by atoms with Crippen LogP contribution >= 0.6 is 0 Å². The first-order valence-corrected chi connectivity index (χ1v) is 8.40. The molecule has 1 aliphatic heterocycles. The van der Waals surface area contributed by atoms with E-state index in [4.69, 9.17) is 0 Å². The number of pyridine rings is 1. The van der Waals surface area contributed by atoms with E-state index in [1.165, 1.54) is 5.56 Å². The Morgan fingerprint density at radius 2 is 1.84 bits per heavy atom. The molecule has 25 heavy (non-hydrogen) atoms. The number of hydrogen-bond donors (Lipinski definition) is 1. The number of nitrogens with zero attached hydrogens (tertiary/aromatic N) is 1. The smallest absolute Gasteiger partial charge is 0.224 e. The lowest BCUT2D eigenvalue weighted by molar-refractivity contribution is -0.116. The number of amides is 1. The van der Waals surface area contributed by atoms with Gasteiger partial charge in [0.2, 0.25) is 5.91 Å². The largest absolute Gasteiger partial charge is 0.326 e. The summed E-state index contributed by atoms with van der Waals surface area (Å²) in [4.78, 5) is 15.8.